The predicted molar refractivity (Wildman–Crippen MR) is 97.6 cm³/mol. The van der Waals surface area contributed by atoms with Crippen molar-refractivity contribution >= 4 is 29.3 Å². The van der Waals surface area contributed by atoms with E-state index in [-0.39, 0.29) is 23.3 Å². The first-order valence-electron chi connectivity index (χ1n) is 7.75. The maximum absolute atomic E-state index is 12.1. The fourth-order valence-electron chi connectivity index (χ4n) is 2.21. The summed E-state index contributed by atoms with van der Waals surface area (Å²) < 4.78 is 0. The molecule has 1 atom stereocenters. The minimum Gasteiger partial charge on any atom is -0.349 e. The Bertz CT molecular complexity index is 763. The van der Waals surface area contributed by atoms with Crippen molar-refractivity contribution in [1.82, 2.24) is 15.3 Å². The van der Waals surface area contributed by atoms with Crippen molar-refractivity contribution < 1.29 is 4.79 Å². The number of carbonyl (C=O) groups excluding carboxylic acids is 1. The molecule has 0 saturated carbocycles. The van der Waals surface area contributed by atoms with Crippen molar-refractivity contribution in [2.45, 2.75) is 37.9 Å². The van der Waals surface area contributed by atoms with E-state index in [4.69, 9.17) is 11.6 Å². The lowest BCUT2D eigenvalue weighted by atomic mass is 10.1. The van der Waals surface area contributed by atoms with Crippen LogP contribution in [0.15, 0.2) is 40.3 Å². The number of halogens is 1. The van der Waals surface area contributed by atoms with E-state index in [1.54, 1.807) is 6.07 Å². The van der Waals surface area contributed by atoms with Crippen molar-refractivity contribution in [3.05, 3.63) is 57.0 Å². The minimum absolute atomic E-state index is 0.129. The number of aromatic nitrogens is 2. The van der Waals surface area contributed by atoms with E-state index in [0.29, 0.717) is 10.2 Å². The standard InChI is InChI=1S/C17H20ClN3O2S/c1-3-5-14-9-15(22)21-17(20-14)24-10-16(23)19-11(2)12-6-4-7-13(18)8-12/h4,6-9,11H,3,5,10H2,1-2H3,(H,19,23)(H,20,21,22). The molecule has 0 radical (unpaired) electrons. The number of carbonyl (C=O) groups is 1. The van der Waals surface area contributed by atoms with E-state index >= 15 is 0 Å². The topological polar surface area (TPSA) is 74.8 Å². The van der Waals surface area contributed by atoms with Crippen LogP contribution in [0, 0.1) is 0 Å². The van der Waals surface area contributed by atoms with E-state index in [9.17, 15) is 9.59 Å². The molecule has 1 amide bonds. The van der Waals surface area contributed by atoms with Crippen LogP contribution in [0.5, 0.6) is 0 Å². The van der Waals surface area contributed by atoms with Crippen LogP contribution in [-0.2, 0) is 11.2 Å². The Balaban J connectivity index is 1.92. The molecule has 0 bridgehead atoms. The van der Waals surface area contributed by atoms with Crippen LogP contribution in [-0.4, -0.2) is 21.6 Å². The molecule has 0 spiro atoms. The SMILES string of the molecule is CCCc1cc(=O)[nH]c(SCC(=O)NC(C)c2cccc(Cl)c2)n1. The maximum Gasteiger partial charge on any atom is 0.251 e. The summed E-state index contributed by atoms with van der Waals surface area (Å²) in [6.45, 7) is 3.93. The second-order valence-corrected chi connectivity index (χ2v) is 6.83. The van der Waals surface area contributed by atoms with Crippen molar-refractivity contribution in [2.75, 3.05) is 5.75 Å². The molecule has 0 aliphatic heterocycles. The minimum atomic E-state index is -0.191. The average Bonchev–Trinajstić information content (AvgIpc) is 2.53. The third-order valence-corrected chi connectivity index (χ3v) is 4.45. The van der Waals surface area contributed by atoms with E-state index in [1.807, 2.05) is 32.0 Å². The molecule has 2 rings (SSSR count). The van der Waals surface area contributed by atoms with Gasteiger partial charge in [0.25, 0.3) is 5.56 Å². The first-order valence-corrected chi connectivity index (χ1v) is 9.12. The number of H-pyrrole nitrogens is 1. The highest BCUT2D eigenvalue weighted by atomic mass is 35.5. The van der Waals surface area contributed by atoms with Crippen molar-refractivity contribution in [2.24, 2.45) is 0 Å². The van der Waals surface area contributed by atoms with Gasteiger partial charge in [-0.05, 0) is 31.0 Å². The Hall–Kier alpha value is -1.79. The zero-order chi connectivity index (χ0) is 17.5. The monoisotopic (exact) mass is 365 g/mol. The first kappa shape index (κ1) is 18.5. The number of benzene rings is 1. The highest BCUT2D eigenvalue weighted by molar-refractivity contribution is 7.99. The summed E-state index contributed by atoms with van der Waals surface area (Å²) in [6, 6.07) is 8.73. The fourth-order valence-corrected chi connectivity index (χ4v) is 3.12. The molecule has 0 fully saturated rings. The summed E-state index contributed by atoms with van der Waals surface area (Å²) in [7, 11) is 0. The van der Waals surface area contributed by atoms with Gasteiger partial charge in [-0.1, -0.05) is 48.8 Å². The smallest absolute Gasteiger partial charge is 0.251 e. The second kappa shape index (κ2) is 8.89. The fraction of sp³-hybridized carbons (Fsp3) is 0.353. The zero-order valence-corrected chi connectivity index (χ0v) is 15.2. The highest BCUT2D eigenvalue weighted by Gasteiger charge is 2.11. The Labute approximate surface area is 150 Å². The quantitative estimate of drug-likeness (QED) is 0.583. The molecule has 0 aliphatic carbocycles. The number of aromatic amines is 1. The van der Waals surface area contributed by atoms with Gasteiger partial charge in [0, 0.05) is 16.8 Å². The first-order chi connectivity index (χ1) is 11.5. The molecule has 1 heterocycles. The van der Waals surface area contributed by atoms with Crippen LogP contribution in [0.1, 0.15) is 37.6 Å². The predicted octanol–water partition coefficient (Wildman–Crippen LogP) is 3.35. The molecule has 1 unspecified atom stereocenters. The molecule has 0 saturated heterocycles. The number of hydrogen-bond donors (Lipinski definition) is 2. The molecule has 1 aromatic heterocycles. The lowest BCUT2D eigenvalue weighted by Gasteiger charge is -2.14. The van der Waals surface area contributed by atoms with Crippen LogP contribution in [0.2, 0.25) is 5.02 Å². The summed E-state index contributed by atoms with van der Waals surface area (Å²) in [5.74, 6) is 0.0553. The van der Waals surface area contributed by atoms with Gasteiger partial charge in [0.1, 0.15) is 0 Å². The maximum atomic E-state index is 12.1. The number of aryl methyl sites for hydroxylation is 1. The number of thioether (sulfide) groups is 1. The lowest BCUT2D eigenvalue weighted by Crippen LogP contribution is -2.28. The lowest BCUT2D eigenvalue weighted by molar-refractivity contribution is -0.119. The number of nitrogens with one attached hydrogen (secondary N) is 2. The summed E-state index contributed by atoms with van der Waals surface area (Å²) in [6.07, 6.45) is 1.66. The van der Waals surface area contributed by atoms with Gasteiger partial charge in [0.15, 0.2) is 5.16 Å². The Morgan fingerprint density at radius 3 is 2.92 bits per heavy atom. The van der Waals surface area contributed by atoms with E-state index in [2.05, 4.69) is 15.3 Å². The number of nitrogens with zero attached hydrogens (tertiary/aromatic N) is 1. The Kier molecular flexibility index (Phi) is 6.87. The van der Waals surface area contributed by atoms with Crippen molar-refractivity contribution in [1.29, 1.82) is 0 Å². The summed E-state index contributed by atoms with van der Waals surface area (Å²) >= 11 is 7.18. The van der Waals surface area contributed by atoms with Crippen LogP contribution in [0.4, 0.5) is 0 Å². The van der Waals surface area contributed by atoms with Crippen LogP contribution in [0.3, 0.4) is 0 Å². The second-order valence-electron chi connectivity index (χ2n) is 5.42. The Morgan fingerprint density at radius 1 is 1.42 bits per heavy atom. The number of hydrogen-bond acceptors (Lipinski definition) is 4. The van der Waals surface area contributed by atoms with Gasteiger partial charge < -0.3 is 10.3 Å². The van der Waals surface area contributed by atoms with Gasteiger partial charge in [-0.15, -0.1) is 0 Å². The third kappa shape index (κ3) is 5.69. The summed E-state index contributed by atoms with van der Waals surface area (Å²) in [5, 5.41) is 4.02. The third-order valence-electron chi connectivity index (χ3n) is 3.35. The van der Waals surface area contributed by atoms with E-state index in [1.165, 1.54) is 17.8 Å². The van der Waals surface area contributed by atoms with Crippen LogP contribution >= 0.6 is 23.4 Å². The van der Waals surface area contributed by atoms with Gasteiger partial charge in [0.2, 0.25) is 5.91 Å². The van der Waals surface area contributed by atoms with Gasteiger partial charge in [-0.2, -0.15) is 0 Å². The molecule has 2 aromatic rings. The van der Waals surface area contributed by atoms with Gasteiger partial charge >= 0.3 is 0 Å². The van der Waals surface area contributed by atoms with Crippen LogP contribution in [0.25, 0.3) is 0 Å². The zero-order valence-electron chi connectivity index (χ0n) is 13.6. The molecular formula is C17H20ClN3O2S. The molecule has 2 N–H and O–H groups in total. The van der Waals surface area contributed by atoms with Crippen molar-refractivity contribution in [3.63, 3.8) is 0 Å². The van der Waals surface area contributed by atoms with E-state index < -0.39 is 0 Å². The molecule has 24 heavy (non-hydrogen) atoms. The summed E-state index contributed by atoms with van der Waals surface area (Å²) in [5.41, 5.74) is 1.50. The van der Waals surface area contributed by atoms with Gasteiger partial charge in [-0.25, -0.2) is 4.98 Å². The number of amides is 1. The number of rotatable bonds is 7. The molecule has 0 aliphatic rings. The van der Waals surface area contributed by atoms with Crippen LogP contribution < -0.4 is 10.9 Å². The molecule has 1 aromatic carbocycles. The molecule has 5 nitrogen and oxygen atoms in total. The van der Waals surface area contributed by atoms with Crippen molar-refractivity contribution in [3.8, 4) is 0 Å². The molecular weight excluding hydrogens is 346 g/mol. The summed E-state index contributed by atoms with van der Waals surface area (Å²) in [4.78, 5) is 30.7. The molecule has 7 heteroatoms. The van der Waals surface area contributed by atoms with Gasteiger partial charge in [-0.3, -0.25) is 9.59 Å². The largest absolute Gasteiger partial charge is 0.349 e. The molecule has 128 valence electrons. The van der Waals surface area contributed by atoms with Gasteiger partial charge in [0.05, 0.1) is 11.8 Å². The average molecular weight is 366 g/mol. The Morgan fingerprint density at radius 2 is 2.21 bits per heavy atom. The normalized spacial score (nSPS) is 12.0. The highest BCUT2D eigenvalue weighted by Crippen LogP contribution is 2.18. The van der Waals surface area contributed by atoms with E-state index in [0.717, 1.165) is 24.1 Å².